The SMILES string of the molecule is C[C@H](NC(=O)c1ccc([N+](=O)[O-])cc1)c1ccc2c(c1)CCCC2. The van der Waals surface area contributed by atoms with E-state index in [9.17, 15) is 14.9 Å². The van der Waals surface area contributed by atoms with Gasteiger partial charge in [0.05, 0.1) is 11.0 Å². The van der Waals surface area contributed by atoms with E-state index >= 15 is 0 Å². The number of non-ortho nitro benzene ring substituents is 1. The van der Waals surface area contributed by atoms with Crippen molar-refractivity contribution >= 4 is 11.6 Å². The van der Waals surface area contributed by atoms with Crippen LogP contribution in [0.4, 0.5) is 5.69 Å². The van der Waals surface area contributed by atoms with Gasteiger partial charge in [-0.2, -0.15) is 0 Å². The first-order chi connectivity index (χ1) is 11.5. The van der Waals surface area contributed by atoms with Crippen LogP contribution >= 0.6 is 0 Å². The Morgan fingerprint density at radius 3 is 2.42 bits per heavy atom. The first-order valence-corrected chi connectivity index (χ1v) is 8.21. The molecule has 0 spiro atoms. The van der Waals surface area contributed by atoms with Crippen molar-refractivity contribution in [2.24, 2.45) is 0 Å². The van der Waals surface area contributed by atoms with E-state index in [0.29, 0.717) is 5.56 Å². The van der Waals surface area contributed by atoms with E-state index in [4.69, 9.17) is 0 Å². The average molecular weight is 324 g/mol. The fourth-order valence-corrected chi connectivity index (χ4v) is 3.12. The van der Waals surface area contributed by atoms with Gasteiger partial charge in [-0.1, -0.05) is 18.2 Å². The summed E-state index contributed by atoms with van der Waals surface area (Å²) < 4.78 is 0. The van der Waals surface area contributed by atoms with Gasteiger partial charge in [-0.25, -0.2) is 0 Å². The lowest BCUT2D eigenvalue weighted by atomic mass is 9.89. The van der Waals surface area contributed by atoms with Gasteiger partial charge in [-0.05, 0) is 61.4 Å². The molecule has 1 atom stereocenters. The van der Waals surface area contributed by atoms with Gasteiger partial charge in [0.15, 0.2) is 0 Å². The minimum atomic E-state index is -0.475. The Balaban J connectivity index is 1.70. The summed E-state index contributed by atoms with van der Waals surface area (Å²) in [6.45, 7) is 1.95. The van der Waals surface area contributed by atoms with Crippen molar-refractivity contribution in [1.29, 1.82) is 0 Å². The second-order valence-corrected chi connectivity index (χ2v) is 6.23. The molecule has 2 aromatic rings. The maximum atomic E-state index is 12.3. The Morgan fingerprint density at radius 1 is 1.08 bits per heavy atom. The number of nitrogens with one attached hydrogen (secondary N) is 1. The van der Waals surface area contributed by atoms with E-state index in [-0.39, 0.29) is 17.6 Å². The number of fused-ring (bicyclic) bond motifs is 1. The van der Waals surface area contributed by atoms with Crippen LogP contribution in [-0.2, 0) is 12.8 Å². The number of carbonyl (C=O) groups is 1. The standard InChI is InChI=1S/C19H20N2O3/c1-13(16-7-6-14-4-2-3-5-17(14)12-16)20-19(22)15-8-10-18(11-9-15)21(23)24/h6-13H,2-5H2,1H3,(H,20,22)/t13-/m0/s1. The number of hydrogen-bond donors (Lipinski definition) is 1. The Morgan fingerprint density at radius 2 is 1.75 bits per heavy atom. The molecule has 0 fully saturated rings. The molecule has 0 unspecified atom stereocenters. The smallest absolute Gasteiger partial charge is 0.269 e. The van der Waals surface area contributed by atoms with Gasteiger partial charge in [0.2, 0.25) is 0 Å². The van der Waals surface area contributed by atoms with Crippen LogP contribution in [0.2, 0.25) is 0 Å². The highest BCUT2D eigenvalue weighted by Crippen LogP contribution is 2.25. The van der Waals surface area contributed by atoms with Gasteiger partial charge >= 0.3 is 0 Å². The molecule has 2 aromatic carbocycles. The molecule has 24 heavy (non-hydrogen) atoms. The average Bonchev–Trinajstić information content (AvgIpc) is 2.61. The highest BCUT2D eigenvalue weighted by molar-refractivity contribution is 5.94. The summed E-state index contributed by atoms with van der Waals surface area (Å²) >= 11 is 0. The lowest BCUT2D eigenvalue weighted by molar-refractivity contribution is -0.384. The molecule has 0 heterocycles. The van der Waals surface area contributed by atoms with E-state index < -0.39 is 4.92 Å². The summed E-state index contributed by atoms with van der Waals surface area (Å²) in [4.78, 5) is 22.5. The number of carbonyl (C=O) groups excluding carboxylic acids is 1. The molecule has 1 aliphatic carbocycles. The molecule has 3 rings (SSSR count). The van der Waals surface area contributed by atoms with Crippen LogP contribution in [-0.4, -0.2) is 10.8 Å². The molecule has 0 saturated heterocycles. The first kappa shape index (κ1) is 16.2. The monoisotopic (exact) mass is 324 g/mol. The molecule has 0 bridgehead atoms. The highest BCUT2D eigenvalue weighted by atomic mass is 16.6. The van der Waals surface area contributed by atoms with Gasteiger partial charge in [-0.15, -0.1) is 0 Å². The van der Waals surface area contributed by atoms with Gasteiger partial charge in [0, 0.05) is 17.7 Å². The molecular formula is C19H20N2O3. The van der Waals surface area contributed by atoms with Crippen molar-refractivity contribution in [2.75, 3.05) is 0 Å². The second kappa shape index (κ2) is 6.83. The van der Waals surface area contributed by atoms with Crippen molar-refractivity contribution in [3.8, 4) is 0 Å². The van der Waals surface area contributed by atoms with E-state index in [1.807, 2.05) is 6.92 Å². The molecule has 0 radical (unpaired) electrons. The van der Waals surface area contributed by atoms with Gasteiger partial charge < -0.3 is 5.32 Å². The van der Waals surface area contributed by atoms with E-state index in [1.165, 1.54) is 48.2 Å². The summed E-state index contributed by atoms with van der Waals surface area (Å²) in [5.74, 6) is -0.227. The number of rotatable bonds is 4. The van der Waals surface area contributed by atoms with Gasteiger partial charge in [0.1, 0.15) is 0 Å². The molecule has 0 aromatic heterocycles. The Hall–Kier alpha value is -2.69. The number of nitro benzene ring substituents is 1. The Bertz CT molecular complexity index is 769. The van der Waals surface area contributed by atoms with Crippen LogP contribution in [0.1, 0.15) is 52.9 Å². The Labute approximate surface area is 140 Å². The number of nitrogens with zero attached hydrogens (tertiary/aromatic N) is 1. The van der Waals surface area contributed by atoms with Crippen molar-refractivity contribution in [3.63, 3.8) is 0 Å². The number of aryl methyl sites for hydroxylation is 2. The molecule has 1 N–H and O–H groups in total. The van der Waals surface area contributed by atoms with Crippen LogP contribution < -0.4 is 5.32 Å². The zero-order valence-corrected chi connectivity index (χ0v) is 13.6. The number of amides is 1. The van der Waals surface area contributed by atoms with E-state index in [2.05, 4.69) is 23.5 Å². The summed E-state index contributed by atoms with van der Waals surface area (Å²) in [5, 5.41) is 13.6. The quantitative estimate of drug-likeness (QED) is 0.683. The van der Waals surface area contributed by atoms with Gasteiger partial charge in [-0.3, -0.25) is 14.9 Å². The summed E-state index contributed by atoms with van der Waals surface area (Å²) in [7, 11) is 0. The van der Waals surface area contributed by atoms with Crippen molar-refractivity contribution in [2.45, 2.75) is 38.6 Å². The van der Waals surface area contributed by atoms with Crippen LogP contribution in [0.5, 0.6) is 0 Å². The molecule has 1 amide bonds. The van der Waals surface area contributed by atoms with Crippen LogP contribution in [0.3, 0.4) is 0 Å². The summed E-state index contributed by atoms with van der Waals surface area (Å²) in [6.07, 6.45) is 4.71. The number of benzene rings is 2. The van der Waals surface area contributed by atoms with Crippen LogP contribution in [0.25, 0.3) is 0 Å². The van der Waals surface area contributed by atoms with Crippen molar-refractivity contribution in [3.05, 3.63) is 74.8 Å². The minimum absolute atomic E-state index is 0.0192. The highest BCUT2D eigenvalue weighted by Gasteiger charge is 2.15. The molecule has 1 aliphatic rings. The normalized spacial score (nSPS) is 14.5. The van der Waals surface area contributed by atoms with E-state index in [0.717, 1.165) is 18.4 Å². The molecule has 5 heteroatoms. The maximum absolute atomic E-state index is 12.3. The molecule has 0 saturated carbocycles. The topological polar surface area (TPSA) is 72.2 Å². The zero-order chi connectivity index (χ0) is 17.1. The predicted octanol–water partition coefficient (Wildman–Crippen LogP) is 3.96. The lowest BCUT2D eigenvalue weighted by Gasteiger charge is -2.20. The molecule has 0 aliphatic heterocycles. The fourth-order valence-electron chi connectivity index (χ4n) is 3.12. The predicted molar refractivity (Wildman–Crippen MR) is 92.1 cm³/mol. The maximum Gasteiger partial charge on any atom is 0.269 e. The van der Waals surface area contributed by atoms with E-state index in [1.54, 1.807) is 0 Å². The molecule has 124 valence electrons. The zero-order valence-electron chi connectivity index (χ0n) is 13.6. The van der Waals surface area contributed by atoms with Crippen LogP contribution in [0.15, 0.2) is 42.5 Å². The summed E-state index contributed by atoms with van der Waals surface area (Å²) in [5.41, 5.74) is 4.29. The lowest BCUT2D eigenvalue weighted by Crippen LogP contribution is -2.26. The number of nitro groups is 1. The fraction of sp³-hybridized carbons (Fsp3) is 0.316. The third kappa shape index (κ3) is 3.45. The molecule has 5 nitrogen and oxygen atoms in total. The van der Waals surface area contributed by atoms with Gasteiger partial charge in [0.25, 0.3) is 11.6 Å². The summed E-state index contributed by atoms with van der Waals surface area (Å²) in [6, 6.07) is 12.0. The first-order valence-electron chi connectivity index (χ1n) is 8.21. The minimum Gasteiger partial charge on any atom is -0.346 e. The van der Waals surface area contributed by atoms with Crippen LogP contribution in [0, 0.1) is 10.1 Å². The van der Waals surface area contributed by atoms with Crippen molar-refractivity contribution in [1.82, 2.24) is 5.32 Å². The molecular weight excluding hydrogens is 304 g/mol. The largest absolute Gasteiger partial charge is 0.346 e. The second-order valence-electron chi connectivity index (χ2n) is 6.23. The Kier molecular flexibility index (Phi) is 4.60. The number of hydrogen-bond acceptors (Lipinski definition) is 3. The van der Waals surface area contributed by atoms with Crippen molar-refractivity contribution < 1.29 is 9.72 Å². The third-order valence-corrected chi connectivity index (χ3v) is 4.56. The third-order valence-electron chi connectivity index (χ3n) is 4.56.